The molecule has 0 unspecified atom stereocenters. The lowest BCUT2D eigenvalue weighted by Gasteiger charge is -2.20. The van der Waals surface area contributed by atoms with E-state index in [0.717, 1.165) is 0 Å². The Morgan fingerprint density at radius 3 is 2.15 bits per heavy atom. The van der Waals surface area contributed by atoms with Crippen LogP contribution in [0.1, 0.15) is 20.3 Å². The van der Waals surface area contributed by atoms with E-state index in [-0.39, 0.29) is 0 Å². The summed E-state index contributed by atoms with van der Waals surface area (Å²) in [4.78, 5) is 17.1. The smallest absolute Gasteiger partial charge is 0.328 e. The van der Waals surface area contributed by atoms with Crippen LogP contribution >= 0.6 is 7.60 Å². The van der Waals surface area contributed by atoms with Crippen LogP contribution in [0, 0.1) is 5.92 Å². The van der Waals surface area contributed by atoms with Crippen LogP contribution in [0.3, 0.4) is 0 Å². The lowest BCUT2D eigenvalue weighted by Crippen LogP contribution is -2.38. The zero-order valence-electron chi connectivity index (χ0n) is 7.92. The summed E-state index contributed by atoms with van der Waals surface area (Å²) in [6.45, 7) is 3.87. The molecule has 0 aromatic carbocycles. The van der Waals surface area contributed by atoms with Gasteiger partial charge in [-0.25, -0.2) is 0 Å². The molecular formula is C7H18NO4P. The van der Waals surface area contributed by atoms with Gasteiger partial charge < -0.3 is 20.6 Å². The first-order valence-electron chi connectivity index (χ1n) is 4.20. The van der Waals surface area contributed by atoms with Gasteiger partial charge >= 0.3 is 7.60 Å². The molecule has 0 amide bonds. The summed E-state index contributed by atoms with van der Waals surface area (Å²) < 4.78 is 10.5. The first-order valence-corrected chi connectivity index (χ1v) is 6.00. The molecule has 80 valence electrons. The Kier molecular flexibility index (Phi) is 5.10. The van der Waals surface area contributed by atoms with Crippen molar-refractivity contribution in [2.45, 2.75) is 32.4 Å². The van der Waals surface area contributed by atoms with Crippen LogP contribution in [0.5, 0.6) is 0 Å². The molecule has 0 aliphatic heterocycles. The van der Waals surface area contributed by atoms with Gasteiger partial charge in [-0.15, -0.1) is 0 Å². The Balaban J connectivity index is 3.96. The molecule has 5 N–H and O–H groups in total. The van der Waals surface area contributed by atoms with Crippen molar-refractivity contribution >= 4 is 7.60 Å². The fraction of sp³-hybridized carbons (Fsp3) is 1.00. The van der Waals surface area contributed by atoms with Crippen molar-refractivity contribution in [1.29, 1.82) is 0 Å². The fourth-order valence-corrected chi connectivity index (χ4v) is 1.84. The molecule has 0 fully saturated rings. The number of hydrogen-bond acceptors (Lipinski definition) is 3. The third kappa shape index (κ3) is 7.16. The zero-order chi connectivity index (χ0) is 10.6. The molecular weight excluding hydrogens is 193 g/mol. The number of aliphatic hydroxyl groups is 1. The average molecular weight is 211 g/mol. The third-order valence-corrected chi connectivity index (χ3v) is 2.51. The summed E-state index contributed by atoms with van der Waals surface area (Å²) in [5.74, 6) is 0.307. The Morgan fingerprint density at radius 2 is 1.85 bits per heavy atom. The molecule has 0 aromatic rings. The Hall–Kier alpha value is 0.0700. The summed E-state index contributed by atoms with van der Waals surface area (Å²) in [7, 11) is -4.15. The molecule has 0 aliphatic rings. The maximum Gasteiger partial charge on any atom is 0.328 e. The quantitative estimate of drug-likeness (QED) is 0.475. The summed E-state index contributed by atoms with van der Waals surface area (Å²) in [6, 6.07) is -0.562. The van der Waals surface area contributed by atoms with Gasteiger partial charge in [0.05, 0.1) is 12.3 Å². The van der Waals surface area contributed by atoms with E-state index in [1.54, 1.807) is 0 Å². The van der Waals surface area contributed by atoms with Crippen molar-refractivity contribution in [1.82, 2.24) is 0 Å². The fourth-order valence-electron chi connectivity index (χ4n) is 1.08. The molecule has 0 bridgehead atoms. The number of aliphatic hydroxyl groups excluding tert-OH is 1. The van der Waals surface area contributed by atoms with Crippen molar-refractivity contribution in [2.75, 3.05) is 6.16 Å². The second-order valence-corrected chi connectivity index (χ2v) is 5.40. The largest absolute Gasteiger partial charge is 0.391 e. The maximum absolute atomic E-state index is 10.5. The van der Waals surface area contributed by atoms with Crippen molar-refractivity contribution in [3.05, 3.63) is 0 Å². The van der Waals surface area contributed by atoms with Gasteiger partial charge in [-0.05, 0) is 12.3 Å². The van der Waals surface area contributed by atoms with Gasteiger partial charge in [0.2, 0.25) is 0 Å². The van der Waals surface area contributed by atoms with Crippen LogP contribution in [0.2, 0.25) is 0 Å². The zero-order valence-corrected chi connectivity index (χ0v) is 8.82. The van der Waals surface area contributed by atoms with Gasteiger partial charge in [-0.3, -0.25) is 4.57 Å². The highest BCUT2D eigenvalue weighted by molar-refractivity contribution is 7.51. The van der Waals surface area contributed by atoms with Crippen LogP contribution in [0.25, 0.3) is 0 Å². The van der Waals surface area contributed by atoms with E-state index in [0.29, 0.717) is 12.3 Å². The summed E-state index contributed by atoms with van der Waals surface area (Å²) in [5.41, 5.74) is 5.53. The molecule has 13 heavy (non-hydrogen) atoms. The predicted octanol–water partition coefficient (Wildman–Crippen LogP) is -0.102. The van der Waals surface area contributed by atoms with Gasteiger partial charge in [0.1, 0.15) is 0 Å². The SMILES string of the molecule is CC(C)C[C@H](N)[C@H](O)CP(=O)(O)O. The van der Waals surface area contributed by atoms with Crippen LogP contribution in [-0.4, -0.2) is 33.2 Å². The molecule has 0 saturated heterocycles. The van der Waals surface area contributed by atoms with E-state index in [1.807, 2.05) is 13.8 Å². The highest BCUT2D eigenvalue weighted by Gasteiger charge is 2.24. The van der Waals surface area contributed by atoms with E-state index < -0.39 is 25.9 Å². The topological polar surface area (TPSA) is 104 Å². The van der Waals surface area contributed by atoms with E-state index in [4.69, 9.17) is 15.5 Å². The Labute approximate surface area is 78.1 Å². The highest BCUT2D eigenvalue weighted by atomic mass is 31.2. The van der Waals surface area contributed by atoms with Crippen molar-refractivity contribution in [2.24, 2.45) is 11.7 Å². The minimum Gasteiger partial charge on any atom is -0.391 e. The minimum absolute atomic E-state index is 0.307. The van der Waals surface area contributed by atoms with E-state index in [9.17, 15) is 9.67 Å². The van der Waals surface area contributed by atoms with Crippen molar-refractivity contribution in [3.8, 4) is 0 Å². The van der Waals surface area contributed by atoms with Crippen LogP contribution in [0.15, 0.2) is 0 Å². The molecule has 5 nitrogen and oxygen atoms in total. The average Bonchev–Trinajstić information content (AvgIpc) is 1.81. The second kappa shape index (κ2) is 5.08. The number of rotatable bonds is 5. The molecule has 0 aliphatic carbocycles. The number of nitrogens with two attached hydrogens (primary N) is 1. The summed E-state index contributed by atoms with van der Waals surface area (Å²) >= 11 is 0. The van der Waals surface area contributed by atoms with Gasteiger partial charge in [0, 0.05) is 6.04 Å². The standard InChI is InChI=1S/C7H18NO4P/c1-5(2)3-6(8)7(9)4-13(10,11)12/h5-7,9H,3-4,8H2,1-2H3,(H2,10,11,12)/t6-,7+/m0/s1. The Morgan fingerprint density at radius 1 is 1.38 bits per heavy atom. The summed E-state index contributed by atoms with van der Waals surface area (Å²) in [5, 5.41) is 9.28. The van der Waals surface area contributed by atoms with Crippen LogP contribution in [0.4, 0.5) is 0 Å². The maximum atomic E-state index is 10.5. The van der Waals surface area contributed by atoms with Gasteiger partial charge in [-0.1, -0.05) is 13.8 Å². The van der Waals surface area contributed by atoms with E-state index >= 15 is 0 Å². The van der Waals surface area contributed by atoms with Crippen LogP contribution in [-0.2, 0) is 4.57 Å². The molecule has 2 atom stereocenters. The van der Waals surface area contributed by atoms with Crippen molar-refractivity contribution in [3.63, 3.8) is 0 Å². The molecule has 0 saturated carbocycles. The third-order valence-electron chi connectivity index (χ3n) is 1.66. The van der Waals surface area contributed by atoms with E-state index in [2.05, 4.69) is 0 Å². The lowest BCUT2D eigenvalue weighted by atomic mass is 10.0. The highest BCUT2D eigenvalue weighted by Crippen LogP contribution is 2.35. The molecule has 0 spiro atoms. The molecule has 0 radical (unpaired) electrons. The predicted molar refractivity (Wildman–Crippen MR) is 50.3 cm³/mol. The van der Waals surface area contributed by atoms with Gasteiger partial charge in [-0.2, -0.15) is 0 Å². The molecule has 6 heteroatoms. The van der Waals surface area contributed by atoms with Crippen molar-refractivity contribution < 1.29 is 19.5 Å². The molecule has 0 heterocycles. The Bertz CT molecular complexity index is 191. The minimum atomic E-state index is -4.15. The van der Waals surface area contributed by atoms with E-state index in [1.165, 1.54) is 0 Å². The first kappa shape index (κ1) is 13.1. The summed E-state index contributed by atoms with van der Waals surface area (Å²) in [6.07, 6.45) is -1.12. The number of hydrogen-bond donors (Lipinski definition) is 4. The lowest BCUT2D eigenvalue weighted by molar-refractivity contribution is 0.148. The van der Waals surface area contributed by atoms with Gasteiger partial charge in [0.25, 0.3) is 0 Å². The molecule has 0 aromatic heterocycles. The molecule has 0 rings (SSSR count). The normalized spacial score (nSPS) is 17.5. The van der Waals surface area contributed by atoms with Gasteiger partial charge in [0.15, 0.2) is 0 Å². The first-order chi connectivity index (χ1) is 5.72. The monoisotopic (exact) mass is 211 g/mol. The second-order valence-electron chi connectivity index (χ2n) is 3.71. The van der Waals surface area contributed by atoms with Crippen LogP contribution < -0.4 is 5.73 Å².